The van der Waals surface area contributed by atoms with Crippen LogP contribution in [-0.4, -0.2) is 37.8 Å². The summed E-state index contributed by atoms with van der Waals surface area (Å²) >= 11 is 0. The second-order valence-corrected chi connectivity index (χ2v) is 4.32. The Balaban J connectivity index is 3.20. The number of aliphatic hydroxyl groups is 1. The number of carbonyl (C=O) groups excluding carboxylic acids is 1. The number of aryl methyl sites for hydroxylation is 2. The van der Waals surface area contributed by atoms with Gasteiger partial charge in [0, 0.05) is 7.05 Å². The van der Waals surface area contributed by atoms with Gasteiger partial charge in [-0.1, -0.05) is 6.07 Å². The first-order chi connectivity index (χ1) is 8.42. The summed E-state index contributed by atoms with van der Waals surface area (Å²) in [6, 6.07) is 2.91. The molecule has 0 heterocycles. The van der Waals surface area contributed by atoms with Crippen LogP contribution in [0, 0.1) is 13.8 Å². The molecule has 1 unspecified atom stereocenters. The molecule has 1 aromatic carbocycles. The molecule has 0 saturated heterocycles. The highest BCUT2D eigenvalue weighted by Gasteiger charge is 2.22. The largest absolute Gasteiger partial charge is 0.495 e. The third-order valence-corrected chi connectivity index (χ3v) is 2.81. The number of nitrogens with two attached hydrogens (primary N) is 1. The van der Waals surface area contributed by atoms with Crippen LogP contribution in [0.2, 0.25) is 0 Å². The Bertz CT molecular complexity index is 446. The average molecular weight is 252 g/mol. The molecule has 0 aliphatic rings. The van der Waals surface area contributed by atoms with E-state index in [4.69, 9.17) is 15.6 Å². The number of ether oxygens (including phenoxy) is 1. The highest BCUT2D eigenvalue weighted by atomic mass is 16.5. The van der Waals surface area contributed by atoms with Crippen LogP contribution in [0.5, 0.6) is 5.75 Å². The van der Waals surface area contributed by atoms with Gasteiger partial charge in [-0.05, 0) is 31.0 Å². The summed E-state index contributed by atoms with van der Waals surface area (Å²) in [6.07, 6.45) is 0. The van der Waals surface area contributed by atoms with E-state index in [1.807, 2.05) is 26.0 Å². The molecule has 0 bridgehead atoms. The molecule has 1 amide bonds. The molecule has 0 saturated carbocycles. The van der Waals surface area contributed by atoms with Gasteiger partial charge < -0.3 is 20.5 Å². The number of anilines is 1. The standard InChI is InChI=1S/C13H20N2O3/c1-8-5-9(2)12(11(6-8)18-4)15(3)13(17)10(14)7-16/h5-6,10,16H,7,14H2,1-4H3. The highest BCUT2D eigenvalue weighted by molar-refractivity contribution is 5.98. The Morgan fingerprint density at radius 1 is 1.50 bits per heavy atom. The van der Waals surface area contributed by atoms with Crippen molar-refractivity contribution in [2.45, 2.75) is 19.9 Å². The predicted molar refractivity (Wildman–Crippen MR) is 70.9 cm³/mol. The van der Waals surface area contributed by atoms with Crippen molar-refractivity contribution in [2.24, 2.45) is 5.73 Å². The van der Waals surface area contributed by atoms with E-state index in [1.54, 1.807) is 14.2 Å². The zero-order chi connectivity index (χ0) is 13.9. The maximum absolute atomic E-state index is 12.0. The Morgan fingerprint density at radius 3 is 2.61 bits per heavy atom. The fourth-order valence-corrected chi connectivity index (χ4v) is 1.94. The van der Waals surface area contributed by atoms with Gasteiger partial charge in [0.15, 0.2) is 0 Å². The van der Waals surface area contributed by atoms with E-state index in [0.29, 0.717) is 11.4 Å². The molecule has 100 valence electrons. The molecular weight excluding hydrogens is 232 g/mol. The van der Waals surface area contributed by atoms with Crippen molar-refractivity contribution >= 4 is 11.6 Å². The van der Waals surface area contributed by atoms with Crippen LogP contribution < -0.4 is 15.4 Å². The molecule has 0 aliphatic heterocycles. The maximum Gasteiger partial charge on any atom is 0.246 e. The third-order valence-electron chi connectivity index (χ3n) is 2.81. The van der Waals surface area contributed by atoms with Crippen LogP contribution in [0.4, 0.5) is 5.69 Å². The minimum atomic E-state index is -0.916. The number of benzene rings is 1. The summed E-state index contributed by atoms with van der Waals surface area (Å²) in [5.74, 6) is 0.274. The summed E-state index contributed by atoms with van der Waals surface area (Å²) in [6.45, 7) is 3.48. The second-order valence-electron chi connectivity index (χ2n) is 4.32. The molecule has 1 atom stereocenters. The van der Waals surface area contributed by atoms with Gasteiger partial charge in [-0.3, -0.25) is 4.79 Å². The normalized spacial score (nSPS) is 12.1. The predicted octanol–water partition coefficient (Wildman–Crippen LogP) is 0.594. The van der Waals surface area contributed by atoms with Crippen molar-refractivity contribution in [3.8, 4) is 5.75 Å². The van der Waals surface area contributed by atoms with E-state index in [0.717, 1.165) is 11.1 Å². The van der Waals surface area contributed by atoms with Gasteiger partial charge in [0.25, 0.3) is 0 Å². The first-order valence-corrected chi connectivity index (χ1v) is 5.71. The fourth-order valence-electron chi connectivity index (χ4n) is 1.94. The first-order valence-electron chi connectivity index (χ1n) is 5.71. The number of likely N-dealkylation sites (N-methyl/N-ethyl adjacent to an activating group) is 1. The molecule has 5 heteroatoms. The van der Waals surface area contributed by atoms with Crippen molar-refractivity contribution in [2.75, 3.05) is 25.7 Å². The van der Waals surface area contributed by atoms with Gasteiger partial charge >= 0.3 is 0 Å². The fraction of sp³-hybridized carbons (Fsp3) is 0.462. The molecule has 5 nitrogen and oxygen atoms in total. The SMILES string of the molecule is COc1cc(C)cc(C)c1N(C)C(=O)C(N)CO. The van der Waals surface area contributed by atoms with Crippen LogP contribution >= 0.6 is 0 Å². The quantitative estimate of drug-likeness (QED) is 0.822. The molecule has 0 aliphatic carbocycles. The second kappa shape index (κ2) is 5.84. The van der Waals surface area contributed by atoms with Crippen LogP contribution in [0.15, 0.2) is 12.1 Å². The molecule has 0 fully saturated rings. The van der Waals surface area contributed by atoms with Crippen molar-refractivity contribution < 1.29 is 14.6 Å². The molecule has 0 spiro atoms. The van der Waals surface area contributed by atoms with Gasteiger partial charge in [0.05, 0.1) is 19.4 Å². The van der Waals surface area contributed by atoms with Crippen LogP contribution in [0.25, 0.3) is 0 Å². The Labute approximate surface area is 107 Å². The molecule has 18 heavy (non-hydrogen) atoms. The highest BCUT2D eigenvalue weighted by Crippen LogP contribution is 2.32. The van der Waals surface area contributed by atoms with Gasteiger partial charge in [-0.15, -0.1) is 0 Å². The van der Waals surface area contributed by atoms with Gasteiger partial charge in [-0.25, -0.2) is 0 Å². The topological polar surface area (TPSA) is 75.8 Å². The van der Waals surface area contributed by atoms with Crippen molar-refractivity contribution in [3.05, 3.63) is 23.3 Å². The van der Waals surface area contributed by atoms with E-state index in [2.05, 4.69) is 0 Å². The monoisotopic (exact) mass is 252 g/mol. The van der Waals surface area contributed by atoms with E-state index in [9.17, 15) is 4.79 Å². The van der Waals surface area contributed by atoms with Gasteiger partial charge in [-0.2, -0.15) is 0 Å². The van der Waals surface area contributed by atoms with Gasteiger partial charge in [0.1, 0.15) is 11.8 Å². The number of rotatable bonds is 4. The van der Waals surface area contributed by atoms with E-state index in [-0.39, 0.29) is 12.5 Å². The van der Waals surface area contributed by atoms with Crippen molar-refractivity contribution in [1.82, 2.24) is 0 Å². The number of aliphatic hydroxyl groups excluding tert-OH is 1. The Kier molecular flexibility index (Phi) is 4.69. The maximum atomic E-state index is 12.0. The lowest BCUT2D eigenvalue weighted by molar-refractivity contribution is -0.120. The summed E-state index contributed by atoms with van der Waals surface area (Å²) in [7, 11) is 3.18. The van der Waals surface area contributed by atoms with Crippen LogP contribution in [0.3, 0.4) is 0 Å². The lowest BCUT2D eigenvalue weighted by Gasteiger charge is -2.24. The lowest BCUT2D eigenvalue weighted by atomic mass is 10.1. The Morgan fingerprint density at radius 2 is 2.11 bits per heavy atom. The van der Waals surface area contributed by atoms with E-state index >= 15 is 0 Å². The van der Waals surface area contributed by atoms with Crippen molar-refractivity contribution in [3.63, 3.8) is 0 Å². The van der Waals surface area contributed by atoms with E-state index in [1.165, 1.54) is 4.90 Å². The number of methoxy groups -OCH3 is 1. The molecule has 3 N–H and O–H groups in total. The summed E-state index contributed by atoms with van der Waals surface area (Å²) in [5, 5.41) is 8.94. The minimum absolute atomic E-state index is 0.345. The number of nitrogens with zero attached hydrogens (tertiary/aromatic N) is 1. The first kappa shape index (κ1) is 14.5. The van der Waals surface area contributed by atoms with Crippen molar-refractivity contribution in [1.29, 1.82) is 0 Å². The molecule has 0 aromatic heterocycles. The third kappa shape index (κ3) is 2.80. The number of carbonyl (C=O) groups is 1. The zero-order valence-corrected chi connectivity index (χ0v) is 11.2. The van der Waals surface area contributed by atoms with E-state index < -0.39 is 6.04 Å². The number of hydrogen-bond donors (Lipinski definition) is 2. The molecule has 0 radical (unpaired) electrons. The van der Waals surface area contributed by atoms with Gasteiger partial charge in [0.2, 0.25) is 5.91 Å². The Hall–Kier alpha value is -1.59. The number of hydrogen-bond acceptors (Lipinski definition) is 4. The lowest BCUT2D eigenvalue weighted by Crippen LogP contribution is -2.44. The summed E-state index contributed by atoms with van der Waals surface area (Å²) in [5.41, 5.74) is 8.20. The van der Waals surface area contributed by atoms with Crippen LogP contribution in [0.1, 0.15) is 11.1 Å². The zero-order valence-electron chi connectivity index (χ0n) is 11.2. The average Bonchev–Trinajstić information content (AvgIpc) is 2.35. The molecule has 1 aromatic rings. The van der Waals surface area contributed by atoms with Crippen LogP contribution in [-0.2, 0) is 4.79 Å². The minimum Gasteiger partial charge on any atom is -0.495 e. The molecule has 1 rings (SSSR count). The number of amides is 1. The summed E-state index contributed by atoms with van der Waals surface area (Å²) < 4.78 is 5.29. The summed E-state index contributed by atoms with van der Waals surface area (Å²) in [4.78, 5) is 13.4. The molecular formula is C13H20N2O3. The smallest absolute Gasteiger partial charge is 0.246 e.